The van der Waals surface area contributed by atoms with Crippen LogP contribution in [0.15, 0.2) is 42.7 Å². The van der Waals surface area contributed by atoms with Crippen LogP contribution in [0.25, 0.3) is 11.3 Å². The molecule has 2 aromatic heterocycles. The monoisotopic (exact) mass is 403 g/mol. The lowest BCUT2D eigenvalue weighted by molar-refractivity contribution is 0.248. The highest BCUT2D eigenvalue weighted by atomic mass is 19.2. The van der Waals surface area contributed by atoms with Crippen LogP contribution in [-0.4, -0.2) is 32.7 Å². The van der Waals surface area contributed by atoms with Crippen molar-refractivity contribution in [3.63, 3.8) is 0 Å². The predicted molar refractivity (Wildman–Crippen MR) is 104 cm³/mol. The molecule has 0 aliphatic heterocycles. The number of nitrogens with zero attached hydrogens (tertiary/aromatic N) is 3. The van der Waals surface area contributed by atoms with E-state index in [-0.39, 0.29) is 30.3 Å². The molecule has 6 nitrogen and oxygen atoms in total. The lowest BCUT2D eigenvalue weighted by Gasteiger charge is -2.21. The minimum Gasteiger partial charge on any atom is -0.394 e. The van der Waals surface area contributed by atoms with Crippen molar-refractivity contribution in [2.75, 3.05) is 17.2 Å². The highest BCUT2D eigenvalue weighted by molar-refractivity contribution is 5.67. The van der Waals surface area contributed by atoms with Crippen LogP contribution in [0, 0.1) is 23.4 Å². The molecule has 0 aliphatic carbocycles. The molecule has 0 aliphatic rings. The van der Waals surface area contributed by atoms with Gasteiger partial charge in [0.05, 0.1) is 18.3 Å². The third kappa shape index (κ3) is 4.80. The Morgan fingerprint density at radius 1 is 1.00 bits per heavy atom. The minimum absolute atomic E-state index is 0.0539. The summed E-state index contributed by atoms with van der Waals surface area (Å²) < 4.78 is 41.6. The zero-order valence-electron chi connectivity index (χ0n) is 15.8. The summed E-state index contributed by atoms with van der Waals surface area (Å²) in [4.78, 5) is 12.6. The number of nitrogens with one attached hydrogen (secondary N) is 2. The van der Waals surface area contributed by atoms with E-state index in [1.165, 1.54) is 6.07 Å². The van der Waals surface area contributed by atoms with E-state index in [2.05, 4.69) is 25.6 Å². The van der Waals surface area contributed by atoms with Gasteiger partial charge in [0, 0.05) is 24.0 Å². The Morgan fingerprint density at radius 3 is 2.34 bits per heavy atom. The van der Waals surface area contributed by atoms with E-state index < -0.39 is 23.1 Å². The van der Waals surface area contributed by atoms with Gasteiger partial charge in [-0.3, -0.25) is 4.98 Å². The molecular formula is C20H20F3N5O. The van der Waals surface area contributed by atoms with Gasteiger partial charge in [0.25, 0.3) is 0 Å². The van der Waals surface area contributed by atoms with E-state index in [0.717, 1.165) is 6.07 Å². The van der Waals surface area contributed by atoms with Crippen LogP contribution in [-0.2, 0) is 0 Å². The second-order valence-corrected chi connectivity index (χ2v) is 6.72. The van der Waals surface area contributed by atoms with Gasteiger partial charge in [-0.05, 0) is 30.2 Å². The molecule has 0 amide bonds. The van der Waals surface area contributed by atoms with E-state index in [9.17, 15) is 18.3 Å². The van der Waals surface area contributed by atoms with Gasteiger partial charge < -0.3 is 15.7 Å². The largest absolute Gasteiger partial charge is 0.394 e. The molecule has 3 aromatic rings. The highest BCUT2D eigenvalue weighted by Gasteiger charge is 2.18. The average Bonchev–Trinajstić information content (AvgIpc) is 2.72. The van der Waals surface area contributed by atoms with E-state index in [4.69, 9.17) is 0 Å². The number of aromatic nitrogens is 3. The molecule has 0 spiro atoms. The molecule has 0 fully saturated rings. The van der Waals surface area contributed by atoms with Gasteiger partial charge in [-0.2, -0.15) is 4.98 Å². The maximum absolute atomic E-state index is 14.1. The third-order valence-corrected chi connectivity index (χ3v) is 4.32. The number of aliphatic hydroxyl groups excluding tert-OH is 1. The molecule has 3 N–H and O–H groups in total. The van der Waals surface area contributed by atoms with Crippen molar-refractivity contribution in [2.45, 2.75) is 19.9 Å². The average molecular weight is 403 g/mol. The number of rotatable bonds is 7. The molecule has 0 saturated carbocycles. The molecule has 0 bridgehead atoms. The first-order valence-electron chi connectivity index (χ1n) is 8.96. The third-order valence-electron chi connectivity index (χ3n) is 4.32. The number of aliphatic hydroxyl groups is 1. The zero-order chi connectivity index (χ0) is 21.0. The molecule has 2 heterocycles. The van der Waals surface area contributed by atoms with Gasteiger partial charge in [-0.25, -0.2) is 18.2 Å². The molecule has 152 valence electrons. The predicted octanol–water partition coefficient (Wildman–Crippen LogP) is 4.13. The Labute approximate surface area is 165 Å². The maximum atomic E-state index is 14.1. The number of halogens is 3. The van der Waals surface area contributed by atoms with E-state index in [1.807, 2.05) is 13.8 Å². The lowest BCUT2D eigenvalue weighted by Crippen LogP contribution is -2.30. The van der Waals surface area contributed by atoms with E-state index >= 15 is 0 Å². The second kappa shape index (κ2) is 8.87. The Kier molecular flexibility index (Phi) is 6.28. The Bertz CT molecular complexity index is 985. The molecular weight excluding hydrogens is 383 g/mol. The molecule has 0 unspecified atom stereocenters. The summed E-state index contributed by atoms with van der Waals surface area (Å²) in [7, 11) is 0. The summed E-state index contributed by atoms with van der Waals surface area (Å²) in [6.45, 7) is 3.67. The molecule has 0 radical (unpaired) electrons. The van der Waals surface area contributed by atoms with Crippen LogP contribution < -0.4 is 10.6 Å². The highest BCUT2D eigenvalue weighted by Crippen LogP contribution is 2.27. The number of benzene rings is 1. The fourth-order valence-electron chi connectivity index (χ4n) is 2.61. The molecule has 1 aromatic carbocycles. The quantitative estimate of drug-likeness (QED) is 0.515. The van der Waals surface area contributed by atoms with Gasteiger partial charge in [0.1, 0.15) is 17.3 Å². The fraction of sp³-hybridized carbons (Fsp3) is 0.250. The summed E-state index contributed by atoms with van der Waals surface area (Å²) in [6, 6.07) is 6.10. The summed E-state index contributed by atoms with van der Waals surface area (Å²) in [5.41, 5.74) is 0.488. The summed E-state index contributed by atoms with van der Waals surface area (Å²) in [5.74, 6) is -3.22. The van der Waals surface area contributed by atoms with Crippen molar-refractivity contribution in [1.82, 2.24) is 15.0 Å². The van der Waals surface area contributed by atoms with Gasteiger partial charge in [0.15, 0.2) is 11.6 Å². The van der Waals surface area contributed by atoms with Crippen LogP contribution in [0.2, 0.25) is 0 Å². The van der Waals surface area contributed by atoms with Crippen LogP contribution >= 0.6 is 0 Å². The fourth-order valence-corrected chi connectivity index (χ4v) is 2.61. The lowest BCUT2D eigenvalue weighted by atomic mass is 10.1. The Morgan fingerprint density at radius 2 is 1.69 bits per heavy atom. The molecule has 29 heavy (non-hydrogen) atoms. The van der Waals surface area contributed by atoms with Crippen molar-refractivity contribution >= 4 is 17.5 Å². The standard InChI is InChI=1S/C20H20F3N5O/c1-11(2)16(10-29)26-20-25-15(12-5-7-24-8-6-12)9-17(28-20)27-19-14(22)4-3-13(21)18(19)23/h3-9,11,16,29H,10H2,1-2H3,(H2,25,26,27,28)/t16-/m0/s1. The SMILES string of the molecule is CC(C)[C@H](CO)Nc1nc(Nc2c(F)ccc(F)c2F)cc(-c2ccncc2)n1. The molecule has 9 heteroatoms. The van der Waals surface area contributed by atoms with Gasteiger partial charge in [-0.15, -0.1) is 0 Å². The van der Waals surface area contributed by atoms with E-state index in [0.29, 0.717) is 17.3 Å². The first kappa shape index (κ1) is 20.5. The summed E-state index contributed by atoms with van der Waals surface area (Å²) in [6.07, 6.45) is 3.16. The number of hydrogen-bond acceptors (Lipinski definition) is 6. The Balaban J connectivity index is 2.04. The van der Waals surface area contributed by atoms with E-state index in [1.54, 1.807) is 24.5 Å². The summed E-state index contributed by atoms with van der Waals surface area (Å²) >= 11 is 0. The normalized spacial score (nSPS) is 12.1. The molecule has 1 atom stereocenters. The van der Waals surface area contributed by atoms with Gasteiger partial charge in [-0.1, -0.05) is 13.8 Å². The van der Waals surface area contributed by atoms with Gasteiger partial charge >= 0.3 is 0 Å². The molecule has 3 rings (SSSR count). The van der Waals surface area contributed by atoms with Crippen LogP contribution in [0.4, 0.5) is 30.6 Å². The topological polar surface area (TPSA) is 83.0 Å². The first-order chi connectivity index (χ1) is 13.9. The number of anilines is 3. The zero-order valence-corrected chi connectivity index (χ0v) is 15.8. The maximum Gasteiger partial charge on any atom is 0.225 e. The van der Waals surface area contributed by atoms with Crippen LogP contribution in [0.1, 0.15) is 13.8 Å². The number of pyridine rings is 1. The van der Waals surface area contributed by atoms with Crippen molar-refractivity contribution in [3.8, 4) is 11.3 Å². The molecule has 0 saturated heterocycles. The summed E-state index contributed by atoms with van der Waals surface area (Å²) in [5, 5.41) is 15.1. The van der Waals surface area contributed by atoms with Crippen LogP contribution in [0.5, 0.6) is 0 Å². The van der Waals surface area contributed by atoms with Gasteiger partial charge in [0.2, 0.25) is 5.95 Å². The first-order valence-corrected chi connectivity index (χ1v) is 8.96. The Hall–Kier alpha value is -3.20. The van der Waals surface area contributed by atoms with Crippen LogP contribution in [0.3, 0.4) is 0 Å². The van der Waals surface area contributed by atoms with Crippen molar-refractivity contribution in [3.05, 3.63) is 60.2 Å². The smallest absolute Gasteiger partial charge is 0.225 e. The van der Waals surface area contributed by atoms with Crippen molar-refractivity contribution in [1.29, 1.82) is 0 Å². The van der Waals surface area contributed by atoms with Crippen molar-refractivity contribution < 1.29 is 18.3 Å². The second-order valence-electron chi connectivity index (χ2n) is 6.72. The van der Waals surface area contributed by atoms with Crippen molar-refractivity contribution in [2.24, 2.45) is 5.92 Å². The number of hydrogen-bond donors (Lipinski definition) is 3. The minimum atomic E-state index is -1.35.